The highest BCUT2D eigenvalue weighted by atomic mass is 16.5. The molecule has 6 heteroatoms. The van der Waals surface area contributed by atoms with Gasteiger partial charge in [0.15, 0.2) is 0 Å². The molecule has 3 heterocycles. The summed E-state index contributed by atoms with van der Waals surface area (Å²) in [6, 6.07) is 12.1. The first-order valence-corrected chi connectivity index (χ1v) is 9.88. The zero-order chi connectivity index (χ0) is 19.2. The van der Waals surface area contributed by atoms with Gasteiger partial charge in [-0.25, -0.2) is 4.79 Å². The Kier molecular flexibility index (Phi) is 5.87. The van der Waals surface area contributed by atoms with Crippen molar-refractivity contribution in [2.45, 2.75) is 31.9 Å². The van der Waals surface area contributed by atoms with Gasteiger partial charge >= 0.3 is 6.03 Å². The number of aromatic amines is 1. The van der Waals surface area contributed by atoms with Crippen LogP contribution in [0.4, 0.5) is 4.79 Å². The maximum Gasteiger partial charge on any atom is 0.317 e. The predicted octanol–water partition coefficient (Wildman–Crippen LogP) is 3.50. The second-order valence-electron chi connectivity index (χ2n) is 7.21. The quantitative estimate of drug-likeness (QED) is 0.661. The Balaban J connectivity index is 1.36. The first-order chi connectivity index (χ1) is 13.8. The molecule has 2 N–H and O–H groups in total. The van der Waals surface area contributed by atoms with Gasteiger partial charge in [-0.1, -0.05) is 18.2 Å². The van der Waals surface area contributed by atoms with Crippen LogP contribution in [-0.2, 0) is 17.7 Å². The topological polar surface area (TPSA) is 70.2 Å². The fourth-order valence-corrected chi connectivity index (χ4v) is 3.72. The number of rotatable bonds is 7. The molecule has 1 atom stereocenters. The van der Waals surface area contributed by atoms with E-state index in [1.807, 2.05) is 35.4 Å². The average Bonchev–Trinajstić information content (AvgIpc) is 3.38. The van der Waals surface area contributed by atoms with Gasteiger partial charge in [0.05, 0.1) is 6.10 Å². The maximum atomic E-state index is 12.9. The molecular formula is C22H26N4O2. The van der Waals surface area contributed by atoms with Gasteiger partial charge in [0.1, 0.15) is 0 Å². The number of nitrogens with zero attached hydrogens (tertiary/aromatic N) is 2. The first kappa shape index (κ1) is 18.5. The number of amides is 2. The summed E-state index contributed by atoms with van der Waals surface area (Å²) in [5.41, 5.74) is 3.41. The van der Waals surface area contributed by atoms with E-state index in [-0.39, 0.29) is 12.1 Å². The third-order valence-corrected chi connectivity index (χ3v) is 5.20. The molecule has 0 aliphatic carbocycles. The summed E-state index contributed by atoms with van der Waals surface area (Å²) < 4.78 is 5.74. The zero-order valence-electron chi connectivity index (χ0n) is 15.9. The molecule has 1 fully saturated rings. The Labute approximate surface area is 164 Å². The molecule has 1 aliphatic rings. The molecule has 0 bridgehead atoms. The van der Waals surface area contributed by atoms with Crippen LogP contribution in [0.1, 0.15) is 24.0 Å². The van der Waals surface area contributed by atoms with E-state index in [0.29, 0.717) is 19.6 Å². The van der Waals surface area contributed by atoms with Crippen LogP contribution in [-0.4, -0.2) is 46.7 Å². The summed E-state index contributed by atoms with van der Waals surface area (Å²) in [4.78, 5) is 22.1. The lowest BCUT2D eigenvalue weighted by Gasteiger charge is -2.26. The molecular weight excluding hydrogens is 352 g/mol. The zero-order valence-corrected chi connectivity index (χ0v) is 15.9. The molecule has 0 radical (unpaired) electrons. The summed E-state index contributed by atoms with van der Waals surface area (Å²) in [6.45, 7) is 2.55. The SMILES string of the molecule is O=C(NCCc1c[nH]c2ccccc12)N(Cc1ccncc1)CC1CCCO1. The van der Waals surface area contributed by atoms with Crippen molar-refractivity contribution in [3.05, 3.63) is 66.1 Å². The number of hydrogen-bond donors (Lipinski definition) is 2. The predicted molar refractivity (Wildman–Crippen MR) is 109 cm³/mol. The van der Waals surface area contributed by atoms with Gasteiger partial charge < -0.3 is 19.9 Å². The van der Waals surface area contributed by atoms with Crippen molar-refractivity contribution in [3.63, 3.8) is 0 Å². The Morgan fingerprint density at radius 2 is 2.11 bits per heavy atom. The highest BCUT2D eigenvalue weighted by Gasteiger charge is 2.22. The minimum Gasteiger partial charge on any atom is -0.376 e. The summed E-state index contributed by atoms with van der Waals surface area (Å²) in [6.07, 6.45) is 8.53. The number of pyridine rings is 1. The van der Waals surface area contributed by atoms with E-state index in [9.17, 15) is 4.79 Å². The Morgan fingerprint density at radius 3 is 2.93 bits per heavy atom. The van der Waals surface area contributed by atoms with Gasteiger partial charge in [0.25, 0.3) is 0 Å². The molecule has 1 aliphatic heterocycles. The van der Waals surface area contributed by atoms with Crippen LogP contribution in [0, 0.1) is 0 Å². The molecule has 1 unspecified atom stereocenters. The third-order valence-electron chi connectivity index (χ3n) is 5.20. The largest absolute Gasteiger partial charge is 0.376 e. The molecule has 2 aromatic heterocycles. The van der Waals surface area contributed by atoms with Crippen LogP contribution < -0.4 is 5.32 Å². The number of ether oxygens (including phenoxy) is 1. The average molecular weight is 378 g/mol. The molecule has 0 saturated carbocycles. The lowest BCUT2D eigenvalue weighted by molar-refractivity contribution is 0.0795. The van der Waals surface area contributed by atoms with Gasteiger partial charge in [-0.2, -0.15) is 0 Å². The Morgan fingerprint density at radius 1 is 1.25 bits per heavy atom. The van der Waals surface area contributed by atoms with Crippen molar-refractivity contribution in [2.75, 3.05) is 19.7 Å². The summed E-state index contributed by atoms with van der Waals surface area (Å²) in [7, 11) is 0. The molecule has 3 aromatic rings. The number of para-hydroxylation sites is 1. The van der Waals surface area contributed by atoms with Gasteiger partial charge in [-0.3, -0.25) is 4.98 Å². The first-order valence-electron chi connectivity index (χ1n) is 9.88. The molecule has 4 rings (SSSR count). The van der Waals surface area contributed by atoms with Crippen LogP contribution in [0.2, 0.25) is 0 Å². The van der Waals surface area contributed by atoms with Crippen molar-refractivity contribution in [3.8, 4) is 0 Å². The fraction of sp³-hybridized carbons (Fsp3) is 0.364. The van der Waals surface area contributed by atoms with E-state index in [0.717, 1.165) is 36.9 Å². The van der Waals surface area contributed by atoms with Crippen molar-refractivity contribution in [1.82, 2.24) is 20.2 Å². The van der Waals surface area contributed by atoms with Crippen LogP contribution in [0.3, 0.4) is 0 Å². The normalized spacial score (nSPS) is 16.4. The van der Waals surface area contributed by atoms with Crippen molar-refractivity contribution in [1.29, 1.82) is 0 Å². The number of urea groups is 1. The van der Waals surface area contributed by atoms with Crippen molar-refractivity contribution >= 4 is 16.9 Å². The van der Waals surface area contributed by atoms with Crippen LogP contribution in [0.15, 0.2) is 55.0 Å². The van der Waals surface area contributed by atoms with Crippen LogP contribution >= 0.6 is 0 Å². The van der Waals surface area contributed by atoms with E-state index >= 15 is 0 Å². The lowest BCUT2D eigenvalue weighted by Crippen LogP contribution is -2.43. The number of fused-ring (bicyclic) bond motifs is 1. The molecule has 0 spiro atoms. The summed E-state index contributed by atoms with van der Waals surface area (Å²) in [5, 5.41) is 4.29. The standard InChI is InChI=1S/C22H26N4O2/c27-22(24-12-9-18-14-25-21-6-2-1-5-20(18)21)26(16-19-4-3-13-28-19)15-17-7-10-23-11-8-17/h1-2,5-8,10-11,14,19,25H,3-4,9,12-13,15-16H2,(H,24,27). The Hall–Kier alpha value is -2.86. The molecule has 2 amide bonds. The number of H-pyrrole nitrogens is 1. The Bertz CT molecular complexity index is 903. The number of carbonyl (C=O) groups excluding carboxylic acids is 1. The second kappa shape index (κ2) is 8.89. The highest BCUT2D eigenvalue weighted by Crippen LogP contribution is 2.18. The second-order valence-corrected chi connectivity index (χ2v) is 7.21. The van der Waals surface area contributed by atoms with Crippen LogP contribution in [0.25, 0.3) is 10.9 Å². The van der Waals surface area contributed by atoms with Crippen molar-refractivity contribution in [2.24, 2.45) is 0 Å². The third kappa shape index (κ3) is 4.51. The minimum atomic E-state index is -0.0489. The highest BCUT2D eigenvalue weighted by molar-refractivity contribution is 5.83. The number of nitrogens with one attached hydrogen (secondary N) is 2. The number of benzene rings is 1. The molecule has 6 nitrogen and oxygen atoms in total. The lowest BCUT2D eigenvalue weighted by atomic mass is 10.1. The minimum absolute atomic E-state index is 0.0489. The summed E-state index contributed by atoms with van der Waals surface area (Å²) in [5.74, 6) is 0. The van der Waals surface area contributed by atoms with Crippen molar-refractivity contribution < 1.29 is 9.53 Å². The number of aromatic nitrogens is 2. The van der Waals surface area contributed by atoms with E-state index in [1.165, 1.54) is 10.9 Å². The molecule has 28 heavy (non-hydrogen) atoms. The van der Waals surface area contributed by atoms with E-state index in [1.54, 1.807) is 12.4 Å². The van der Waals surface area contributed by atoms with Gasteiger partial charge in [0.2, 0.25) is 0 Å². The van der Waals surface area contributed by atoms with Gasteiger partial charge in [-0.05, 0) is 48.6 Å². The number of carbonyl (C=O) groups is 1. The van der Waals surface area contributed by atoms with Gasteiger partial charge in [-0.15, -0.1) is 0 Å². The van der Waals surface area contributed by atoms with E-state index < -0.39 is 0 Å². The fourth-order valence-electron chi connectivity index (χ4n) is 3.72. The molecule has 1 aromatic carbocycles. The monoisotopic (exact) mass is 378 g/mol. The number of hydrogen-bond acceptors (Lipinski definition) is 3. The van der Waals surface area contributed by atoms with Gasteiger partial charge in [0, 0.05) is 55.7 Å². The van der Waals surface area contributed by atoms with Crippen LogP contribution in [0.5, 0.6) is 0 Å². The molecule has 146 valence electrons. The smallest absolute Gasteiger partial charge is 0.317 e. The molecule has 1 saturated heterocycles. The maximum absolute atomic E-state index is 12.9. The van der Waals surface area contributed by atoms with E-state index in [2.05, 4.69) is 27.4 Å². The van der Waals surface area contributed by atoms with E-state index in [4.69, 9.17) is 4.74 Å². The summed E-state index contributed by atoms with van der Waals surface area (Å²) >= 11 is 0.